The van der Waals surface area contributed by atoms with Gasteiger partial charge in [0.2, 0.25) is 0 Å². The van der Waals surface area contributed by atoms with E-state index in [4.69, 9.17) is 4.74 Å². The van der Waals surface area contributed by atoms with Gasteiger partial charge in [0.05, 0.1) is 13.2 Å². The van der Waals surface area contributed by atoms with Crippen LogP contribution in [0.15, 0.2) is 0 Å². The monoisotopic (exact) mass is 330 g/mol. The van der Waals surface area contributed by atoms with E-state index in [-0.39, 0.29) is 4.32 Å². The number of thioether (sulfide) groups is 1. The molecule has 0 aromatic carbocycles. The molecule has 3 unspecified atom stereocenters. The molecule has 1 aliphatic heterocycles. The van der Waals surface area contributed by atoms with Crippen LogP contribution >= 0.6 is 43.6 Å². The lowest BCUT2D eigenvalue weighted by atomic mass is 10.1. The van der Waals surface area contributed by atoms with Crippen molar-refractivity contribution in [3.8, 4) is 0 Å². The van der Waals surface area contributed by atoms with Crippen molar-refractivity contribution in [1.29, 1.82) is 0 Å². The van der Waals surface area contributed by atoms with Gasteiger partial charge in [-0.1, -0.05) is 38.8 Å². The fourth-order valence-electron chi connectivity index (χ4n) is 1.18. The highest BCUT2D eigenvalue weighted by molar-refractivity contribution is 9.10. The Morgan fingerprint density at radius 3 is 2.54 bits per heavy atom. The molecule has 0 amide bonds. The van der Waals surface area contributed by atoms with E-state index in [9.17, 15) is 0 Å². The second-order valence-corrected chi connectivity index (χ2v) is 8.88. The zero-order chi connectivity index (χ0) is 10.1. The lowest BCUT2D eigenvalue weighted by Gasteiger charge is -2.36. The van der Waals surface area contributed by atoms with Gasteiger partial charge in [-0.3, -0.25) is 0 Å². The molecule has 0 spiro atoms. The molecule has 0 aromatic rings. The summed E-state index contributed by atoms with van der Waals surface area (Å²) >= 11 is 9.34. The minimum atomic E-state index is 0.165. The molecule has 78 valence electrons. The molecule has 1 aliphatic rings. The maximum atomic E-state index is 5.60. The minimum absolute atomic E-state index is 0.165. The summed E-state index contributed by atoms with van der Waals surface area (Å²) in [6.45, 7) is 8.32. The van der Waals surface area contributed by atoms with Crippen LogP contribution in [0.2, 0.25) is 0 Å². The number of ether oxygens (including phenoxy) is 1. The highest BCUT2D eigenvalue weighted by atomic mass is 79.9. The summed E-state index contributed by atoms with van der Waals surface area (Å²) in [5.74, 6) is 0. The molecule has 0 N–H and O–H groups in total. The molecular weight excluding hydrogens is 316 g/mol. The standard InChI is InChI=1S/C9H16Br2OS/c1-6(10)7-4-12-5-8(13-7)9(2,3)11/h6-8H,4-5H2,1-3H3. The van der Waals surface area contributed by atoms with Crippen LogP contribution in [0, 0.1) is 0 Å². The molecule has 4 heteroatoms. The van der Waals surface area contributed by atoms with Crippen molar-refractivity contribution >= 4 is 43.6 Å². The van der Waals surface area contributed by atoms with E-state index in [2.05, 4.69) is 52.6 Å². The van der Waals surface area contributed by atoms with E-state index in [1.54, 1.807) is 0 Å². The van der Waals surface area contributed by atoms with Crippen molar-refractivity contribution in [2.45, 2.75) is 40.4 Å². The molecule has 0 bridgehead atoms. The number of rotatable bonds is 2. The van der Waals surface area contributed by atoms with Gasteiger partial charge in [0.15, 0.2) is 0 Å². The molecule has 1 nitrogen and oxygen atoms in total. The first kappa shape index (κ1) is 12.3. The second-order valence-electron chi connectivity index (χ2n) is 3.94. The van der Waals surface area contributed by atoms with Crippen molar-refractivity contribution in [3.63, 3.8) is 0 Å². The quantitative estimate of drug-likeness (QED) is 0.717. The van der Waals surface area contributed by atoms with Gasteiger partial charge in [-0.2, -0.15) is 0 Å². The van der Waals surface area contributed by atoms with Gasteiger partial charge in [0.1, 0.15) is 0 Å². The Balaban J connectivity index is 2.52. The van der Waals surface area contributed by atoms with E-state index >= 15 is 0 Å². The third-order valence-corrected chi connectivity index (χ3v) is 5.96. The van der Waals surface area contributed by atoms with Crippen LogP contribution in [0.3, 0.4) is 0 Å². The van der Waals surface area contributed by atoms with Crippen LogP contribution in [0.1, 0.15) is 20.8 Å². The Morgan fingerprint density at radius 2 is 2.08 bits per heavy atom. The first-order chi connectivity index (χ1) is 5.91. The lowest BCUT2D eigenvalue weighted by molar-refractivity contribution is 0.122. The van der Waals surface area contributed by atoms with Crippen LogP contribution in [0.4, 0.5) is 0 Å². The Kier molecular flexibility index (Phi) is 4.62. The van der Waals surface area contributed by atoms with Crippen LogP contribution in [-0.2, 0) is 4.74 Å². The highest BCUT2D eigenvalue weighted by Crippen LogP contribution is 2.38. The number of halogens is 2. The number of hydrogen-bond acceptors (Lipinski definition) is 2. The Hall–Kier alpha value is 1.27. The van der Waals surface area contributed by atoms with E-state index < -0.39 is 0 Å². The van der Waals surface area contributed by atoms with Gasteiger partial charge >= 0.3 is 0 Å². The maximum absolute atomic E-state index is 5.60. The topological polar surface area (TPSA) is 9.23 Å². The molecule has 3 atom stereocenters. The molecule has 1 heterocycles. The van der Waals surface area contributed by atoms with Crippen LogP contribution in [0.5, 0.6) is 0 Å². The number of hydrogen-bond donors (Lipinski definition) is 0. The Bertz CT molecular complexity index is 167. The maximum Gasteiger partial charge on any atom is 0.0599 e. The molecule has 0 aromatic heterocycles. The van der Waals surface area contributed by atoms with Crippen LogP contribution in [-0.4, -0.2) is 32.9 Å². The number of alkyl halides is 2. The summed E-state index contributed by atoms with van der Waals surface area (Å²) in [6.07, 6.45) is 0. The SMILES string of the molecule is CC(Br)C1COCC(C(C)(C)Br)S1. The second kappa shape index (κ2) is 4.86. The van der Waals surface area contributed by atoms with E-state index in [1.165, 1.54) is 0 Å². The minimum Gasteiger partial charge on any atom is -0.379 e. The Labute approximate surface area is 102 Å². The average molecular weight is 332 g/mol. The molecule has 1 saturated heterocycles. The largest absolute Gasteiger partial charge is 0.379 e. The molecular formula is C9H16Br2OS. The van der Waals surface area contributed by atoms with Crippen LogP contribution in [0.25, 0.3) is 0 Å². The normalized spacial score (nSPS) is 33.0. The fraction of sp³-hybridized carbons (Fsp3) is 1.00. The first-order valence-corrected chi connectivity index (χ1v) is 7.12. The van der Waals surface area contributed by atoms with E-state index in [1.807, 2.05) is 11.8 Å². The van der Waals surface area contributed by atoms with Gasteiger partial charge in [0, 0.05) is 19.7 Å². The predicted molar refractivity (Wildman–Crippen MR) is 67.4 cm³/mol. The summed E-state index contributed by atoms with van der Waals surface area (Å²) in [4.78, 5) is 0.523. The summed E-state index contributed by atoms with van der Waals surface area (Å²) in [6, 6.07) is 0. The molecule has 0 radical (unpaired) electrons. The summed E-state index contributed by atoms with van der Waals surface area (Å²) in [5, 5.41) is 1.13. The van der Waals surface area contributed by atoms with Crippen molar-refractivity contribution in [2.24, 2.45) is 0 Å². The smallest absolute Gasteiger partial charge is 0.0599 e. The molecule has 1 fully saturated rings. The zero-order valence-corrected chi connectivity index (χ0v) is 12.2. The Morgan fingerprint density at radius 1 is 1.46 bits per heavy atom. The van der Waals surface area contributed by atoms with Gasteiger partial charge < -0.3 is 4.74 Å². The molecule has 0 saturated carbocycles. The molecule has 13 heavy (non-hydrogen) atoms. The van der Waals surface area contributed by atoms with Gasteiger partial charge in [-0.25, -0.2) is 0 Å². The highest BCUT2D eigenvalue weighted by Gasteiger charge is 2.34. The van der Waals surface area contributed by atoms with E-state index in [0.29, 0.717) is 15.3 Å². The molecule has 0 aliphatic carbocycles. The molecule has 1 rings (SSSR count). The third-order valence-electron chi connectivity index (χ3n) is 2.17. The van der Waals surface area contributed by atoms with Crippen molar-refractivity contribution in [2.75, 3.05) is 13.2 Å². The summed E-state index contributed by atoms with van der Waals surface area (Å²) < 4.78 is 5.77. The van der Waals surface area contributed by atoms with Crippen molar-refractivity contribution in [1.82, 2.24) is 0 Å². The zero-order valence-electron chi connectivity index (χ0n) is 8.22. The van der Waals surface area contributed by atoms with Gasteiger partial charge in [-0.15, -0.1) is 11.8 Å². The third kappa shape index (κ3) is 3.73. The van der Waals surface area contributed by atoms with Gasteiger partial charge in [0.25, 0.3) is 0 Å². The van der Waals surface area contributed by atoms with Crippen LogP contribution < -0.4 is 0 Å². The average Bonchev–Trinajstić information content (AvgIpc) is 2.03. The predicted octanol–water partition coefficient (Wildman–Crippen LogP) is 3.44. The first-order valence-electron chi connectivity index (χ1n) is 4.47. The van der Waals surface area contributed by atoms with Crippen molar-refractivity contribution < 1.29 is 4.74 Å². The van der Waals surface area contributed by atoms with Crippen molar-refractivity contribution in [3.05, 3.63) is 0 Å². The summed E-state index contributed by atoms with van der Waals surface area (Å²) in [7, 11) is 0. The van der Waals surface area contributed by atoms with Gasteiger partial charge in [-0.05, 0) is 13.8 Å². The van der Waals surface area contributed by atoms with E-state index in [0.717, 1.165) is 13.2 Å². The lowest BCUT2D eigenvalue weighted by Crippen LogP contribution is -2.40. The fourth-order valence-corrected chi connectivity index (χ4v) is 3.48. The summed E-state index contributed by atoms with van der Waals surface area (Å²) in [5.41, 5.74) is 0.